The molecule has 0 bridgehead atoms. The van der Waals surface area contributed by atoms with Gasteiger partial charge in [-0.1, -0.05) is 13.8 Å². The van der Waals surface area contributed by atoms with Crippen LogP contribution in [-0.2, 0) is 4.74 Å². The molecular weight excluding hydrogens is 154 g/mol. The van der Waals surface area contributed by atoms with Crippen LogP contribution in [0.2, 0.25) is 0 Å². The van der Waals surface area contributed by atoms with Gasteiger partial charge in [-0.15, -0.1) is 0 Å². The van der Waals surface area contributed by atoms with Crippen LogP contribution in [0, 0.1) is 5.92 Å². The molecule has 0 aromatic carbocycles. The van der Waals surface area contributed by atoms with E-state index in [4.69, 9.17) is 9.84 Å². The van der Waals surface area contributed by atoms with Gasteiger partial charge in [0, 0.05) is 32.7 Å². The predicted molar refractivity (Wildman–Crippen MR) is 50.2 cm³/mol. The highest BCUT2D eigenvalue weighted by Gasteiger charge is 2.29. The number of rotatable bonds is 2. The number of nitrogens with zero attached hydrogens (tertiary/aromatic N) is 1. The van der Waals surface area contributed by atoms with E-state index >= 15 is 0 Å². The van der Waals surface area contributed by atoms with Crippen LogP contribution >= 0.6 is 0 Å². The maximum Gasteiger partial charge on any atom is 0.0760 e. The van der Waals surface area contributed by atoms with Crippen LogP contribution in [0.3, 0.4) is 0 Å². The third-order valence-corrected chi connectivity index (χ3v) is 2.10. The molecule has 2 unspecified atom stereocenters. The van der Waals surface area contributed by atoms with Gasteiger partial charge in [0.1, 0.15) is 0 Å². The molecule has 3 heteroatoms. The fourth-order valence-corrected chi connectivity index (χ4v) is 1.49. The van der Waals surface area contributed by atoms with E-state index < -0.39 is 0 Å². The van der Waals surface area contributed by atoms with Crippen molar-refractivity contribution in [3.63, 3.8) is 0 Å². The molecule has 0 radical (unpaired) electrons. The van der Waals surface area contributed by atoms with Gasteiger partial charge in [-0.25, -0.2) is 0 Å². The van der Waals surface area contributed by atoms with E-state index in [9.17, 15) is 0 Å². The summed E-state index contributed by atoms with van der Waals surface area (Å²) in [5.41, 5.74) is 0. The van der Waals surface area contributed by atoms with Crippen molar-refractivity contribution in [1.29, 1.82) is 0 Å². The Bertz CT molecular complexity index is 96.7. The fourth-order valence-electron chi connectivity index (χ4n) is 1.49. The first-order valence-electron chi connectivity index (χ1n) is 4.60. The topological polar surface area (TPSA) is 32.7 Å². The van der Waals surface area contributed by atoms with Crippen molar-refractivity contribution in [2.24, 2.45) is 5.92 Å². The van der Waals surface area contributed by atoms with Crippen LogP contribution in [0.5, 0.6) is 0 Å². The van der Waals surface area contributed by atoms with Crippen molar-refractivity contribution in [1.82, 2.24) is 4.90 Å². The minimum absolute atomic E-state index is 0.231. The summed E-state index contributed by atoms with van der Waals surface area (Å²) in [6, 6.07) is 0. The lowest BCUT2D eigenvalue weighted by Gasteiger charge is -2.12. The highest BCUT2D eigenvalue weighted by molar-refractivity contribution is 4.82. The second-order valence-electron chi connectivity index (χ2n) is 2.94. The third-order valence-electron chi connectivity index (χ3n) is 2.10. The van der Waals surface area contributed by atoms with Gasteiger partial charge in [-0.2, -0.15) is 0 Å². The monoisotopic (exact) mass is 175 g/mol. The molecule has 1 fully saturated rings. The highest BCUT2D eigenvalue weighted by atomic mass is 16.5. The van der Waals surface area contributed by atoms with Gasteiger partial charge in [0.2, 0.25) is 0 Å². The van der Waals surface area contributed by atoms with E-state index in [0.29, 0.717) is 5.92 Å². The van der Waals surface area contributed by atoms with Gasteiger partial charge in [0.25, 0.3) is 0 Å². The van der Waals surface area contributed by atoms with Gasteiger partial charge in [0.05, 0.1) is 6.10 Å². The average Bonchev–Trinajstić information content (AvgIpc) is 2.49. The summed E-state index contributed by atoms with van der Waals surface area (Å²) in [5.74, 6) is 0.315. The van der Waals surface area contributed by atoms with Crippen LogP contribution in [-0.4, -0.2) is 50.0 Å². The number of methoxy groups -OCH3 is 1. The van der Waals surface area contributed by atoms with Crippen LogP contribution in [0.25, 0.3) is 0 Å². The normalized spacial score (nSPS) is 29.8. The Labute approximate surface area is 75.3 Å². The fraction of sp³-hybridized carbons (Fsp3) is 1.00. The number of hydrogen-bond acceptors (Lipinski definition) is 3. The zero-order valence-corrected chi connectivity index (χ0v) is 8.58. The van der Waals surface area contributed by atoms with E-state index in [0.717, 1.165) is 13.1 Å². The van der Waals surface area contributed by atoms with E-state index in [1.54, 1.807) is 7.11 Å². The van der Waals surface area contributed by atoms with E-state index in [-0.39, 0.29) is 12.7 Å². The van der Waals surface area contributed by atoms with E-state index in [2.05, 4.69) is 4.90 Å². The molecule has 1 saturated heterocycles. The molecule has 1 heterocycles. The molecular formula is C9H21NO2. The summed E-state index contributed by atoms with van der Waals surface area (Å²) in [5, 5.41) is 8.88. The van der Waals surface area contributed by atoms with Crippen molar-refractivity contribution in [2.45, 2.75) is 20.0 Å². The maximum atomic E-state index is 8.88. The zero-order chi connectivity index (χ0) is 9.56. The molecule has 74 valence electrons. The molecule has 1 N–H and O–H groups in total. The van der Waals surface area contributed by atoms with E-state index in [1.807, 2.05) is 20.9 Å². The molecule has 0 spiro atoms. The summed E-state index contributed by atoms with van der Waals surface area (Å²) in [7, 11) is 3.74. The first kappa shape index (κ1) is 11.9. The summed E-state index contributed by atoms with van der Waals surface area (Å²) < 4.78 is 5.18. The molecule has 0 aliphatic carbocycles. The van der Waals surface area contributed by atoms with Gasteiger partial charge in [-0.3, -0.25) is 0 Å². The zero-order valence-electron chi connectivity index (χ0n) is 8.58. The second-order valence-corrected chi connectivity index (χ2v) is 2.94. The van der Waals surface area contributed by atoms with Crippen LogP contribution < -0.4 is 0 Å². The summed E-state index contributed by atoms with van der Waals surface area (Å²) in [6.07, 6.45) is 0.231. The highest BCUT2D eigenvalue weighted by Crippen LogP contribution is 2.16. The Kier molecular flexibility index (Phi) is 6.34. The summed E-state index contributed by atoms with van der Waals surface area (Å²) in [4.78, 5) is 2.18. The summed E-state index contributed by atoms with van der Waals surface area (Å²) >= 11 is 0. The Hall–Kier alpha value is -0.120. The number of aliphatic hydroxyl groups excluding tert-OH is 1. The van der Waals surface area contributed by atoms with Gasteiger partial charge in [0.15, 0.2) is 0 Å². The molecule has 1 rings (SSSR count). The Morgan fingerprint density at radius 1 is 1.42 bits per heavy atom. The molecule has 0 saturated carbocycles. The van der Waals surface area contributed by atoms with Crippen molar-refractivity contribution in [3.8, 4) is 0 Å². The Balaban J connectivity index is 0.000000561. The van der Waals surface area contributed by atoms with E-state index in [1.165, 1.54) is 0 Å². The first-order chi connectivity index (χ1) is 5.77. The number of hydrogen-bond donors (Lipinski definition) is 1. The number of aliphatic hydroxyl groups is 1. The molecule has 0 aromatic heterocycles. The van der Waals surface area contributed by atoms with Crippen molar-refractivity contribution in [2.75, 3.05) is 33.9 Å². The molecule has 0 amide bonds. The smallest absolute Gasteiger partial charge is 0.0760 e. The Morgan fingerprint density at radius 2 is 2.00 bits per heavy atom. The van der Waals surface area contributed by atoms with Crippen LogP contribution in [0.1, 0.15) is 13.8 Å². The number of likely N-dealkylation sites (N-methyl/N-ethyl adjacent to an activating group) is 1. The quantitative estimate of drug-likeness (QED) is 0.666. The predicted octanol–water partition coefficient (Wildman–Crippen LogP) is 0.582. The largest absolute Gasteiger partial charge is 0.396 e. The molecule has 2 atom stereocenters. The minimum Gasteiger partial charge on any atom is -0.396 e. The number of likely N-dealkylation sites (tertiary alicyclic amines) is 1. The minimum atomic E-state index is 0.231. The Morgan fingerprint density at radius 3 is 2.33 bits per heavy atom. The van der Waals surface area contributed by atoms with Crippen molar-refractivity contribution in [3.05, 3.63) is 0 Å². The van der Waals surface area contributed by atoms with Crippen LogP contribution in [0.15, 0.2) is 0 Å². The molecule has 0 aromatic rings. The van der Waals surface area contributed by atoms with Gasteiger partial charge < -0.3 is 14.7 Å². The average molecular weight is 175 g/mol. The van der Waals surface area contributed by atoms with Gasteiger partial charge in [-0.05, 0) is 7.05 Å². The molecule has 1 aliphatic rings. The third kappa shape index (κ3) is 3.09. The summed E-state index contributed by atoms with van der Waals surface area (Å²) in [6.45, 7) is 6.14. The maximum absolute atomic E-state index is 8.88. The molecule has 12 heavy (non-hydrogen) atoms. The number of ether oxygens (including phenoxy) is 1. The molecule has 3 nitrogen and oxygen atoms in total. The second kappa shape index (κ2) is 6.40. The lowest BCUT2D eigenvalue weighted by molar-refractivity contribution is 0.0563. The van der Waals surface area contributed by atoms with Crippen molar-refractivity contribution >= 4 is 0 Å². The lowest BCUT2D eigenvalue weighted by atomic mass is 10.1. The van der Waals surface area contributed by atoms with Gasteiger partial charge >= 0.3 is 0 Å². The SMILES string of the molecule is CC.COC1CN(C)CC1CO. The van der Waals surface area contributed by atoms with Crippen molar-refractivity contribution < 1.29 is 9.84 Å². The lowest BCUT2D eigenvalue weighted by Crippen LogP contribution is -2.23. The standard InChI is InChI=1S/C7H15NO2.C2H6/c1-8-3-6(5-9)7(4-8)10-2;1-2/h6-7,9H,3-5H2,1-2H3;1-2H3. The van der Waals surface area contributed by atoms with Crippen LogP contribution in [0.4, 0.5) is 0 Å². The molecule has 1 aliphatic heterocycles. The first-order valence-corrected chi connectivity index (χ1v) is 4.60.